The maximum absolute atomic E-state index is 5.77. The van der Waals surface area contributed by atoms with E-state index in [1.165, 1.54) is 16.5 Å². The van der Waals surface area contributed by atoms with E-state index in [1.807, 2.05) is 12.1 Å². The van der Waals surface area contributed by atoms with Crippen molar-refractivity contribution in [2.75, 3.05) is 20.3 Å². The summed E-state index contributed by atoms with van der Waals surface area (Å²) in [7, 11) is 1.69. The van der Waals surface area contributed by atoms with Gasteiger partial charge in [0.2, 0.25) is 0 Å². The molecule has 4 rings (SSSR count). The molecule has 0 unspecified atom stereocenters. The molecule has 2 aliphatic rings. The summed E-state index contributed by atoms with van der Waals surface area (Å²) in [4.78, 5) is 3.34. The topological polar surface area (TPSA) is 43.5 Å². The lowest BCUT2D eigenvalue weighted by molar-refractivity contribution is -0.159. The fourth-order valence-electron chi connectivity index (χ4n) is 3.31. The van der Waals surface area contributed by atoms with Gasteiger partial charge in [0.1, 0.15) is 5.75 Å². The second-order valence-electron chi connectivity index (χ2n) is 5.65. The van der Waals surface area contributed by atoms with Crippen LogP contribution in [0.5, 0.6) is 5.75 Å². The van der Waals surface area contributed by atoms with Crippen molar-refractivity contribution in [2.24, 2.45) is 0 Å². The molecule has 0 amide bonds. The molecule has 0 atom stereocenters. The highest BCUT2D eigenvalue weighted by Gasteiger charge is 2.37. The van der Waals surface area contributed by atoms with Crippen LogP contribution in [0.4, 0.5) is 0 Å². The van der Waals surface area contributed by atoms with Crippen molar-refractivity contribution >= 4 is 16.5 Å². The lowest BCUT2D eigenvalue weighted by Gasteiger charge is -2.30. The Morgan fingerprint density at radius 3 is 2.81 bits per heavy atom. The first-order valence-corrected chi connectivity index (χ1v) is 7.42. The van der Waals surface area contributed by atoms with E-state index in [0.717, 1.165) is 43.7 Å². The van der Waals surface area contributed by atoms with Crippen LogP contribution in [0.25, 0.3) is 16.5 Å². The highest BCUT2D eigenvalue weighted by molar-refractivity contribution is 5.93. The van der Waals surface area contributed by atoms with E-state index in [-0.39, 0.29) is 5.79 Å². The molecule has 1 spiro atoms. The molecule has 4 nitrogen and oxygen atoms in total. The largest absolute Gasteiger partial charge is 0.497 e. The van der Waals surface area contributed by atoms with Gasteiger partial charge in [-0.1, -0.05) is 6.08 Å². The Balaban J connectivity index is 1.66. The van der Waals surface area contributed by atoms with Crippen LogP contribution in [0.3, 0.4) is 0 Å². The molecule has 1 N–H and O–H groups in total. The van der Waals surface area contributed by atoms with Gasteiger partial charge in [-0.05, 0) is 24.1 Å². The number of methoxy groups -OCH3 is 1. The molecule has 1 aliphatic carbocycles. The summed E-state index contributed by atoms with van der Waals surface area (Å²) in [6, 6.07) is 6.16. The Morgan fingerprint density at radius 2 is 2.10 bits per heavy atom. The van der Waals surface area contributed by atoms with Crippen LogP contribution in [-0.2, 0) is 9.47 Å². The second kappa shape index (κ2) is 4.90. The number of nitrogens with one attached hydrogen (secondary N) is 1. The van der Waals surface area contributed by atoms with Gasteiger partial charge < -0.3 is 19.2 Å². The average Bonchev–Trinajstić information content (AvgIpc) is 3.15. The first kappa shape index (κ1) is 12.9. The molecule has 1 aromatic heterocycles. The number of benzene rings is 1. The van der Waals surface area contributed by atoms with Crippen molar-refractivity contribution in [2.45, 2.75) is 25.0 Å². The molecule has 0 radical (unpaired) electrons. The van der Waals surface area contributed by atoms with Crippen LogP contribution in [0.2, 0.25) is 0 Å². The van der Waals surface area contributed by atoms with Gasteiger partial charge in [0.15, 0.2) is 5.79 Å². The highest BCUT2D eigenvalue weighted by Crippen LogP contribution is 2.40. The Morgan fingerprint density at radius 1 is 1.24 bits per heavy atom. The molecule has 21 heavy (non-hydrogen) atoms. The van der Waals surface area contributed by atoms with Crippen LogP contribution >= 0.6 is 0 Å². The lowest BCUT2D eigenvalue weighted by Crippen LogP contribution is -2.31. The second-order valence-corrected chi connectivity index (χ2v) is 5.65. The maximum atomic E-state index is 5.77. The SMILES string of the molecule is COc1ccc2c(C3=CCC4(CC3)OCCO4)c[nH]c2c1. The van der Waals surface area contributed by atoms with Crippen LogP contribution < -0.4 is 4.74 Å². The van der Waals surface area contributed by atoms with Gasteiger partial charge in [0, 0.05) is 41.6 Å². The molecular formula is C17H19NO3. The number of aromatic nitrogens is 1. The summed E-state index contributed by atoms with van der Waals surface area (Å²) in [5, 5.41) is 1.24. The number of aromatic amines is 1. The number of hydrogen-bond acceptors (Lipinski definition) is 3. The highest BCUT2D eigenvalue weighted by atomic mass is 16.7. The number of allylic oxidation sites excluding steroid dienone is 1. The van der Waals surface area contributed by atoms with Crippen molar-refractivity contribution < 1.29 is 14.2 Å². The molecule has 110 valence electrons. The van der Waals surface area contributed by atoms with Crippen molar-refractivity contribution in [3.8, 4) is 5.75 Å². The third-order valence-corrected chi connectivity index (χ3v) is 4.48. The zero-order chi connectivity index (χ0) is 14.3. The van der Waals surface area contributed by atoms with E-state index < -0.39 is 0 Å². The van der Waals surface area contributed by atoms with Gasteiger partial charge in [-0.25, -0.2) is 0 Å². The zero-order valence-corrected chi connectivity index (χ0v) is 12.1. The minimum Gasteiger partial charge on any atom is -0.497 e. The van der Waals surface area contributed by atoms with E-state index in [2.05, 4.69) is 23.3 Å². The molecule has 0 saturated carbocycles. The van der Waals surface area contributed by atoms with Gasteiger partial charge in [-0.3, -0.25) is 0 Å². The standard InChI is InChI=1S/C17H19NO3/c1-19-13-2-3-14-15(11-18-16(14)10-13)12-4-6-17(7-5-12)20-8-9-21-17/h2-4,10-11,18H,5-9H2,1H3. The number of fused-ring (bicyclic) bond motifs is 1. The quantitative estimate of drug-likeness (QED) is 0.918. The summed E-state index contributed by atoms with van der Waals surface area (Å²) in [6.45, 7) is 1.44. The fraction of sp³-hybridized carbons (Fsp3) is 0.412. The van der Waals surface area contributed by atoms with Gasteiger partial charge in [-0.15, -0.1) is 0 Å². The van der Waals surface area contributed by atoms with E-state index in [4.69, 9.17) is 14.2 Å². The molecule has 1 fully saturated rings. The predicted molar refractivity (Wildman–Crippen MR) is 81.3 cm³/mol. The first-order chi connectivity index (χ1) is 10.3. The monoisotopic (exact) mass is 285 g/mol. The summed E-state index contributed by atoms with van der Waals surface area (Å²) >= 11 is 0. The Labute approximate surface area is 123 Å². The minimum atomic E-state index is -0.348. The zero-order valence-electron chi connectivity index (χ0n) is 12.1. The molecule has 1 aromatic carbocycles. The van der Waals surface area contributed by atoms with E-state index in [9.17, 15) is 0 Å². The van der Waals surface area contributed by atoms with Crippen LogP contribution in [0, 0.1) is 0 Å². The fourth-order valence-corrected chi connectivity index (χ4v) is 3.31. The number of rotatable bonds is 2. The van der Waals surface area contributed by atoms with E-state index in [0.29, 0.717) is 0 Å². The van der Waals surface area contributed by atoms with Crippen LogP contribution in [0.1, 0.15) is 24.8 Å². The summed E-state index contributed by atoms with van der Waals surface area (Å²) < 4.78 is 16.8. The molecular weight excluding hydrogens is 266 g/mol. The van der Waals surface area contributed by atoms with E-state index >= 15 is 0 Å². The smallest absolute Gasteiger partial charge is 0.172 e. The van der Waals surface area contributed by atoms with Gasteiger partial charge in [-0.2, -0.15) is 0 Å². The number of H-pyrrole nitrogens is 1. The molecule has 0 bridgehead atoms. The Hall–Kier alpha value is -1.78. The third-order valence-electron chi connectivity index (χ3n) is 4.48. The van der Waals surface area contributed by atoms with Crippen molar-refractivity contribution in [1.82, 2.24) is 4.98 Å². The average molecular weight is 285 g/mol. The molecule has 2 heterocycles. The summed E-state index contributed by atoms with van der Waals surface area (Å²) in [5.41, 5.74) is 3.76. The van der Waals surface area contributed by atoms with Gasteiger partial charge in [0.25, 0.3) is 0 Å². The lowest BCUT2D eigenvalue weighted by atomic mass is 9.89. The summed E-state index contributed by atoms with van der Waals surface area (Å²) in [6.07, 6.45) is 7.11. The first-order valence-electron chi connectivity index (χ1n) is 7.42. The predicted octanol–water partition coefficient (Wildman–Crippen LogP) is 3.49. The Kier molecular flexibility index (Phi) is 3.01. The van der Waals surface area contributed by atoms with Gasteiger partial charge >= 0.3 is 0 Å². The van der Waals surface area contributed by atoms with Crippen molar-refractivity contribution in [3.63, 3.8) is 0 Å². The molecule has 2 aromatic rings. The molecule has 4 heteroatoms. The summed E-state index contributed by atoms with van der Waals surface area (Å²) in [5.74, 6) is 0.527. The number of hydrogen-bond donors (Lipinski definition) is 1. The molecule has 1 saturated heterocycles. The van der Waals surface area contributed by atoms with Gasteiger partial charge in [0.05, 0.1) is 20.3 Å². The number of ether oxygens (including phenoxy) is 3. The Bertz CT molecular complexity index is 695. The van der Waals surface area contributed by atoms with Crippen molar-refractivity contribution in [3.05, 3.63) is 36.0 Å². The normalized spacial score (nSPS) is 20.9. The van der Waals surface area contributed by atoms with Crippen molar-refractivity contribution in [1.29, 1.82) is 0 Å². The maximum Gasteiger partial charge on any atom is 0.172 e. The van der Waals surface area contributed by atoms with Crippen LogP contribution in [-0.4, -0.2) is 31.1 Å². The van der Waals surface area contributed by atoms with Crippen LogP contribution in [0.15, 0.2) is 30.5 Å². The third kappa shape index (κ3) is 2.15. The molecule has 1 aliphatic heterocycles. The van der Waals surface area contributed by atoms with E-state index in [1.54, 1.807) is 7.11 Å². The minimum absolute atomic E-state index is 0.348.